The summed E-state index contributed by atoms with van der Waals surface area (Å²) in [5.74, 6) is 0.547. The summed E-state index contributed by atoms with van der Waals surface area (Å²) >= 11 is 5.92. The van der Waals surface area contributed by atoms with Crippen LogP contribution < -0.4 is 10.1 Å². The number of nitrogens with zero attached hydrogens (tertiary/aromatic N) is 2. The zero-order chi connectivity index (χ0) is 23.4. The van der Waals surface area contributed by atoms with E-state index in [-0.39, 0.29) is 5.91 Å². The molecule has 4 rings (SSSR count). The molecule has 5 nitrogen and oxygen atoms in total. The van der Waals surface area contributed by atoms with E-state index < -0.39 is 0 Å². The predicted octanol–water partition coefficient (Wildman–Crippen LogP) is 6.34. The molecule has 0 bridgehead atoms. The molecule has 0 fully saturated rings. The third-order valence-electron chi connectivity index (χ3n) is 5.44. The van der Waals surface area contributed by atoms with Crippen LogP contribution in [0.2, 0.25) is 5.02 Å². The largest absolute Gasteiger partial charge is 0.489 e. The molecular weight excluding hydrogens is 434 g/mol. The number of halogens is 1. The van der Waals surface area contributed by atoms with Crippen LogP contribution in [0.15, 0.2) is 72.8 Å². The topological polar surface area (TPSA) is 56.2 Å². The summed E-state index contributed by atoms with van der Waals surface area (Å²) in [6.45, 7) is 6.97. The van der Waals surface area contributed by atoms with E-state index in [0.29, 0.717) is 23.7 Å². The third-order valence-corrected chi connectivity index (χ3v) is 5.70. The molecule has 3 aromatic carbocycles. The van der Waals surface area contributed by atoms with Crippen molar-refractivity contribution < 1.29 is 9.53 Å². The summed E-state index contributed by atoms with van der Waals surface area (Å²) in [6, 6.07) is 23.0. The van der Waals surface area contributed by atoms with Gasteiger partial charge in [0.15, 0.2) is 0 Å². The number of carbonyl (C=O) groups excluding carboxylic acids is 1. The van der Waals surface area contributed by atoms with Crippen LogP contribution in [0.4, 0.5) is 5.69 Å². The van der Waals surface area contributed by atoms with Crippen LogP contribution >= 0.6 is 11.6 Å². The van der Waals surface area contributed by atoms with Crippen molar-refractivity contribution in [1.82, 2.24) is 9.78 Å². The van der Waals surface area contributed by atoms with Crippen molar-refractivity contribution in [3.8, 4) is 5.75 Å². The van der Waals surface area contributed by atoms with Gasteiger partial charge in [-0.25, -0.2) is 0 Å². The smallest absolute Gasteiger partial charge is 0.255 e. The maximum Gasteiger partial charge on any atom is 0.255 e. The van der Waals surface area contributed by atoms with E-state index in [2.05, 4.69) is 35.5 Å². The van der Waals surface area contributed by atoms with Gasteiger partial charge in [-0.15, -0.1) is 0 Å². The number of carbonyl (C=O) groups is 1. The minimum absolute atomic E-state index is 0.176. The Morgan fingerprint density at radius 2 is 1.70 bits per heavy atom. The number of aryl methyl sites for hydroxylation is 2. The van der Waals surface area contributed by atoms with Gasteiger partial charge in [-0.3, -0.25) is 9.48 Å². The van der Waals surface area contributed by atoms with E-state index in [1.54, 1.807) is 18.2 Å². The van der Waals surface area contributed by atoms with E-state index in [1.807, 2.05) is 54.9 Å². The van der Waals surface area contributed by atoms with Crippen LogP contribution in [0.1, 0.15) is 38.4 Å². The molecule has 1 aromatic heterocycles. The minimum Gasteiger partial charge on any atom is -0.489 e. The highest BCUT2D eigenvalue weighted by Crippen LogP contribution is 2.22. The standard InChI is InChI=1S/C27H26ClN3O2/c1-18-6-4-7-21(14-18)16-31-20(3)26(19(2)30-31)29-27(32)23-9-5-8-22(15-23)17-33-25-12-10-24(28)11-13-25/h4-15H,16-17H2,1-3H3,(H,29,32). The quantitative estimate of drug-likeness (QED) is 0.350. The van der Waals surface area contributed by atoms with E-state index in [0.717, 1.165) is 28.4 Å². The van der Waals surface area contributed by atoms with Crippen molar-refractivity contribution in [2.75, 3.05) is 5.32 Å². The van der Waals surface area contributed by atoms with Crippen LogP contribution in [0.3, 0.4) is 0 Å². The number of amides is 1. The van der Waals surface area contributed by atoms with Crippen molar-refractivity contribution in [3.63, 3.8) is 0 Å². The first kappa shape index (κ1) is 22.6. The van der Waals surface area contributed by atoms with Gasteiger partial charge in [0.1, 0.15) is 12.4 Å². The number of anilines is 1. The Morgan fingerprint density at radius 3 is 2.45 bits per heavy atom. The second-order valence-electron chi connectivity index (χ2n) is 8.09. The average Bonchev–Trinajstić information content (AvgIpc) is 3.06. The molecule has 0 aliphatic heterocycles. The molecule has 4 aromatic rings. The lowest BCUT2D eigenvalue weighted by atomic mass is 10.1. The van der Waals surface area contributed by atoms with Gasteiger partial charge >= 0.3 is 0 Å². The molecule has 6 heteroatoms. The third kappa shape index (κ3) is 5.62. The first-order chi connectivity index (χ1) is 15.9. The SMILES string of the molecule is Cc1cccc(Cn2nc(C)c(NC(=O)c3cccc(COc4ccc(Cl)cc4)c3)c2C)c1. The number of hydrogen-bond acceptors (Lipinski definition) is 3. The van der Waals surface area contributed by atoms with E-state index in [1.165, 1.54) is 11.1 Å². The molecule has 33 heavy (non-hydrogen) atoms. The zero-order valence-electron chi connectivity index (χ0n) is 18.9. The van der Waals surface area contributed by atoms with E-state index in [9.17, 15) is 4.79 Å². The van der Waals surface area contributed by atoms with E-state index in [4.69, 9.17) is 16.3 Å². The van der Waals surface area contributed by atoms with Crippen molar-refractivity contribution in [2.24, 2.45) is 0 Å². The fourth-order valence-electron chi connectivity index (χ4n) is 3.70. The predicted molar refractivity (Wildman–Crippen MR) is 132 cm³/mol. The first-order valence-corrected chi connectivity index (χ1v) is 11.1. The lowest BCUT2D eigenvalue weighted by Crippen LogP contribution is -2.14. The average molecular weight is 460 g/mol. The number of benzene rings is 3. The summed E-state index contributed by atoms with van der Waals surface area (Å²) in [4.78, 5) is 13.0. The number of rotatable bonds is 7. The molecule has 0 spiro atoms. The Hall–Kier alpha value is -3.57. The van der Waals surface area contributed by atoms with Crippen molar-refractivity contribution in [3.05, 3.63) is 111 Å². The highest BCUT2D eigenvalue weighted by atomic mass is 35.5. The summed E-state index contributed by atoms with van der Waals surface area (Å²) in [7, 11) is 0. The molecule has 1 heterocycles. The van der Waals surface area contributed by atoms with Gasteiger partial charge in [0.2, 0.25) is 0 Å². The van der Waals surface area contributed by atoms with Crippen LogP contribution in [0, 0.1) is 20.8 Å². The maximum atomic E-state index is 13.0. The van der Waals surface area contributed by atoms with Crippen LogP contribution in [0.25, 0.3) is 0 Å². The Balaban J connectivity index is 1.45. The maximum absolute atomic E-state index is 13.0. The molecule has 168 valence electrons. The summed E-state index contributed by atoms with van der Waals surface area (Å²) in [5, 5.41) is 8.34. The zero-order valence-corrected chi connectivity index (χ0v) is 19.7. The van der Waals surface area contributed by atoms with Crippen LogP contribution in [-0.2, 0) is 13.2 Å². The normalized spacial score (nSPS) is 10.8. The summed E-state index contributed by atoms with van der Waals surface area (Å²) in [6.07, 6.45) is 0. The summed E-state index contributed by atoms with van der Waals surface area (Å²) in [5.41, 5.74) is 6.31. The molecule has 0 aliphatic rings. The molecule has 0 saturated carbocycles. The van der Waals surface area contributed by atoms with Gasteiger partial charge in [-0.1, -0.05) is 53.6 Å². The molecule has 1 amide bonds. The van der Waals surface area contributed by atoms with Crippen molar-refractivity contribution >= 4 is 23.2 Å². The molecule has 0 unspecified atom stereocenters. The number of hydrogen-bond donors (Lipinski definition) is 1. The van der Waals surface area contributed by atoms with Crippen molar-refractivity contribution in [1.29, 1.82) is 0 Å². The van der Waals surface area contributed by atoms with Gasteiger partial charge in [0.25, 0.3) is 5.91 Å². The van der Waals surface area contributed by atoms with Gasteiger partial charge in [-0.05, 0) is 68.3 Å². The second-order valence-corrected chi connectivity index (χ2v) is 8.53. The Kier molecular flexibility index (Phi) is 6.80. The second kappa shape index (κ2) is 9.92. The van der Waals surface area contributed by atoms with Gasteiger partial charge in [0.05, 0.1) is 23.6 Å². The van der Waals surface area contributed by atoms with Crippen LogP contribution in [-0.4, -0.2) is 15.7 Å². The molecule has 0 aliphatic carbocycles. The van der Waals surface area contributed by atoms with Gasteiger partial charge in [-0.2, -0.15) is 5.10 Å². The number of ether oxygens (including phenoxy) is 1. The van der Waals surface area contributed by atoms with Gasteiger partial charge < -0.3 is 10.1 Å². The lowest BCUT2D eigenvalue weighted by molar-refractivity contribution is 0.102. The molecular formula is C27H26ClN3O2. The monoisotopic (exact) mass is 459 g/mol. The first-order valence-electron chi connectivity index (χ1n) is 10.8. The van der Waals surface area contributed by atoms with Crippen molar-refractivity contribution in [2.45, 2.75) is 33.9 Å². The van der Waals surface area contributed by atoms with Crippen LogP contribution in [0.5, 0.6) is 5.75 Å². The van der Waals surface area contributed by atoms with E-state index >= 15 is 0 Å². The molecule has 0 saturated heterocycles. The Morgan fingerprint density at radius 1 is 0.970 bits per heavy atom. The molecule has 1 N–H and O–H groups in total. The number of aromatic nitrogens is 2. The highest BCUT2D eigenvalue weighted by molar-refractivity contribution is 6.30. The Bertz CT molecular complexity index is 1280. The molecule has 0 radical (unpaired) electrons. The summed E-state index contributed by atoms with van der Waals surface area (Å²) < 4.78 is 7.73. The fraction of sp³-hybridized carbons (Fsp3) is 0.185. The van der Waals surface area contributed by atoms with Gasteiger partial charge in [0, 0.05) is 10.6 Å². The molecule has 0 atom stereocenters. The minimum atomic E-state index is -0.176. The fourth-order valence-corrected chi connectivity index (χ4v) is 3.83. The lowest BCUT2D eigenvalue weighted by Gasteiger charge is -2.10. The highest BCUT2D eigenvalue weighted by Gasteiger charge is 2.16. The Labute approximate surface area is 199 Å². The number of nitrogens with one attached hydrogen (secondary N) is 1.